The van der Waals surface area contributed by atoms with Crippen molar-refractivity contribution in [2.45, 2.75) is 18.7 Å². The van der Waals surface area contributed by atoms with Gasteiger partial charge >= 0.3 is 12.1 Å². The number of rotatable bonds is 5. The molecule has 0 bridgehead atoms. The second kappa shape index (κ2) is 8.17. The lowest BCUT2D eigenvalue weighted by molar-refractivity contribution is -0.137. The van der Waals surface area contributed by atoms with Crippen molar-refractivity contribution in [3.63, 3.8) is 0 Å². The Morgan fingerprint density at radius 2 is 1.71 bits per heavy atom. The first kappa shape index (κ1) is 21.1. The monoisotopic (exact) mass is 442 g/mol. The molecule has 0 aliphatic carbocycles. The summed E-state index contributed by atoms with van der Waals surface area (Å²) >= 11 is 1.44. The average molecular weight is 442 g/mol. The number of aromatic carboxylic acids is 1. The fourth-order valence-electron chi connectivity index (χ4n) is 3.49. The number of aliphatic hydroxyl groups excluding tert-OH is 1. The zero-order valence-electron chi connectivity index (χ0n) is 16.1. The fraction of sp³-hybridized carbons (Fsp3) is 0.125. The van der Waals surface area contributed by atoms with Crippen LogP contribution < -0.4 is 0 Å². The van der Waals surface area contributed by atoms with E-state index < -0.39 is 23.8 Å². The van der Waals surface area contributed by atoms with Crippen molar-refractivity contribution in [1.82, 2.24) is 0 Å². The molecule has 4 aromatic rings. The van der Waals surface area contributed by atoms with Gasteiger partial charge in [-0.05, 0) is 52.4 Å². The lowest BCUT2D eigenvalue weighted by Gasteiger charge is -2.13. The summed E-state index contributed by atoms with van der Waals surface area (Å²) in [5, 5.41) is 20.7. The molecule has 1 aromatic heterocycles. The fourth-order valence-corrected chi connectivity index (χ4v) is 4.72. The number of aliphatic hydroxyl groups is 1. The van der Waals surface area contributed by atoms with Gasteiger partial charge in [0, 0.05) is 16.0 Å². The van der Waals surface area contributed by atoms with Crippen LogP contribution in [0.15, 0.2) is 72.8 Å². The third-order valence-electron chi connectivity index (χ3n) is 5.01. The molecule has 2 N–H and O–H groups in total. The largest absolute Gasteiger partial charge is 0.478 e. The molecular formula is C24H17F3O3S. The Morgan fingerprint density at radius 1 is 0.968 bits per heavy atom. The highest BCUT2D eigenvalue weighted by Gasteiger charge is 2.30. The minimum atomic E-state index is -4.47. The van der Waals surface area contributed by atoms with Crippen molar-refractivity contribution >= 4 is 27.4 Å². The summed E-state index contributed by atoms with van der Waals surface area (Å²) in [4.78, 5) is 12.1. The number of fused-ring (bicyclic) bond motifs is 1. The smallest absolute Gasteiger partial charge is 0.416 e. The van der Waals surface area contributed by atoms with E-state index in [4.69, 9.17) is 0 Å². The average Bonchev–Trinajstić information content (AvgIpc) is 3.15. The standard InChI is InChI=1S/C24H17F3O3S/c25-24(26,27)18-8-2-5-15(11-18)21(28)13-19-12-16-6-3-9-20(22(16)31-19)14-4-1-7-17(10-14)23(29)30/h1-12,21,28H,13H2,(H,29,30). The summed E-state index contributed by atoms with van der Waals surface area (Å²) < 4.78 is 39.8. The number of carboxylic acids is 1. The number of hydrogen-bond acceptors (Lipinski definition) is 3. The van der Waals surface area contributed by atoms with E-state index in [0.29, 0.717) is 0 Å². The summed E-state index contributed by atoms with van der Waals surface area (Å²) in [5.41, 5.74) is 1.23. The minimum absolute atomic E-state index is 0.176. The maximum absolute atomic E-state index is 13.0. The molecule has 158 valence electrons. The molecule has 1 unspecified atom stereocenters. The van der Waals surface area contributed by atoms with E-state index in [0.717, 1.165) is 38.2 Å². The van der Waals surface area contributed by atoms with Crippen LogP contribution in [0.1, 0.15) is 32.5 Å². The summed E-state index contributed by atoms with van der Waals surface area (Å²) in [6.45, 7) is 0. The highest BCUT2D eigenvalue weighted by atomic mass is 32.1. The number of halogens is 3. The van der Waals surface area contributed by atoms with Gasteiger partial charge < -0.3 is 10.2 Å². The number of thiophene rings is 1. The van der Waals surface area contributed by atoms with Gasteiger partial charge in [0.15, 0.2) is 0 Å². The molecule has 0 amide bonds. The molecule has 0 saturated carbocycles. The van der Waals surface area contributed by atoms with Gasteiger partial charge in [-0.25, -0.2) is 4.79 Å². The van der Waals surface area contributed by atoms with Gasteiger partial charge in [-0.2, -0.15) is 13.2 Å². The highest BCUT2D eigenvalue weighted by Crippen LogP contribution is 2.37. The number of carboxylic acid groups (broad SMARTS) is 1. The van der Waals surface area contributed by atoms with Gasteiger partial charge in [-0.1, -0.05) is 42.5 Å². The van der Waals surface area contributed by atoms with Crippen LogP contribution in [0.25, 0.3) is 21.2 Å². The zero-order chi connectivity index (χ0) is 22.2. The van der Waals surface area contributed by atoms with E-state index in [1.54, 1.807) is 12.1 Å². The molecule has 0 aliphatic heterocycles. The van der Waals surface area contributed by atoms with Crippen LogP contribution in [-0.2, 0) is 12.6 Å². The lowest BCUT2D eigenvalue weighted by atomic mass is 10.0. The Balaban J connectivity index is 1.66. The van der Waals surface area contributed by atoms with Crippen molar-refractivity contribution in [2.24, 2.45) is 0 Å². The van der Waals surface area contributed by atoms with Gasteiger partial charge in [0.05, 0.1) is 17.2 Å². The molecule has 0 spiro atoms. The molecule has 1 atom stereocenters. The Bertz CT molecular complexity index is 1260. The number of alkyl halides is 3. The maximum Gasteiger partial charge on any atom is 0.416 e. The zero-order valence-corrected chi connectivity index (χ0v) is 16.9. The second-order valence-corrected chi connectivity index (χ2v) is 8.30. The van der Waals surface area contributed by atoms with Gasteiger partial charge in [0.25, 0.3) is 0 Å². The van der Waals surface area contributed by atoms with Crippen LogP contribution in [0.4, 0.5) is 13.2 Å². The van der Waals surface area contributed by atoms with Gasteiger partial charge in [-0.15, -0.1) is 11.3 Å². The molecule has 0 radical (unpaired) electrons. The third kappa shape index (κ3) is 4.47. The van der Waals surface area contributed by atoms with Crippen molar-refractivity contribution in [1.29, 1.82) is 0 Å². The van der Waals surface area contributed by atoms with E-state index in [-0.39, 0.29) is 17.5 Å². The molecule has 4 rings (SSSR count). The summed E-state index contributed by atoms with van der Waals surface area (Å²) in [6, 6.07) is 19.0. The second-order valence-electron chi connectivity index (χ2n) is 7.17. The van der Waals surface area contributed by atoms with E-state index >= 15 is 0 Å². The first-order valence-corrected chi connectivity index (χ1v) is 10.2. The molecule has 31 heavy (non-hydrogen) atoms. The quantitative estimate of drug-likeness (QED) is 0.368. The van der Waals surface area contributed by atoms with E-state index in [2.05, 4.69) is 0 Å². The maximum atomic E-state index is 13.0. The Labute approximate surface area is 180 Å². The SMILES string of the molecule is O=C(O)c1cccc(-c2cccc3cc(CC(O)c4cccc(C(F)(F)F)c4)sc23)c1. The van der Waals surface area contributed by atoms with Crippen molar-refractivity contribution in [2.75, 3.05) is 0 Å². The Kier molecular flexibility index (Phi) is 5.56. The number of hydrogen-bond donors (Lipinski definition) is 2. The van der Waals surface area contributed by atoms with Crippen LogP contribution in [0, 0.1) is 0 Å². The lowest BCUT2D eigenvalue weighted by Crippen LogP contribution is -2.07. The first-order chi connectivity index (χ1) is 14.7. The predicted octanol–water partition coefficient (Wildman–Crippen LogP) is 6.56. The normalized spacial score (nSPS) is 12.8. The van der Waals surface area contributed by atoms with Crippen LogP contribution in [0.3, 0.4) is 0 Å². The van der Waals surface area contributed by atoms with Gasteiger partial charge in [0.2, 0.25) is 0 Å². The molecule has 3 nitrogen and oxygen atoms in total. The van der Waals surface area contributed by atoms with Crippen LogP contribution in [0.5, 0.6) is 0 Å². The van der Waals surface area contributed by atoms with Crippen LogP contribution in [-0.4, -0.2) is 16.2 Å². The first-order valence-electron chi connectivity index (χ1n) is 9.43. The Morgan fingerprint density at radius 3 is 2.45 bits per heavy atom. The van der Waals surface area contributed by atoms with E-state index in [1.807, 2.05) is 30.3 Å². The third-order valence-corrected chi connectivity index (χ3v) is 6.22. The van der Waals surface area contributed by atoms with Crippen molar-refractivity contribution in [3.05, 3.63) is 94.4 Å². The highest BCUT2D eigenvalue weighted by molar-refractivity contribution is 7.19. The molecule has 0 aliphatic rings. The molecule has 0 fully saturated rings. The summed E-state index contributed by atoms with van der Waals surface area (Å²) in [7, 11) is 0. The predicted molar refractivity (Wildman–Crippen MR) is 114 cm³/mol. The van der Waals surface area contributed by atoms with Crippen LogP contribution in [0.2, 0.25) is 0 Å². The van der Waals surface area contributed by atoms with E-state index in [1.165, 1.54) is 29.5 Å². The number of benzene rings is 3. The topological polar surface area (TPSA) is 57.5 Å². The van der Waals surface area contributed by atoms with Crippen molar-refractivity contribution < 1.29 is 28.2 Å². The molecular weight excluding hydrogens is 425 g/mol. The van der Waals surface area contributed by atoms with Gasteiger partial charge in [0.1, 0.15) is 0 Å². The molecule has 7 heteroatoms. The minimum Gasteiger partial charge on any atom is -0.478 e. The Hall–Kier alpha value is -3.16. The van der Waals surface area contributed by atoms with Gasteiger partial charge in [-0.3, -0.25) is 0 Å². The molecule has 1 heterocycles. The van der Waals surface area contributed by atoms with Crippen LogP contribution >= 0.6 is 11.3 Å². The summed E-state index contributed by atoms with van der Waals surface area (Å²) in [5.74, 6) is -1.01. The number of carbonyl (C=O) groups is 1. The van der Waals surface area contributed by atoms with Crippen molar-refractivity contribution in [3.8, 4) is 11.1 Å². The summed E-state index contributed by atoms with van der Waals surface area (Å²) in [6.07, 6.45) is -5.36. The van der Waals surface area contributed by atoms with E-state index in [9.17, 15) is 28.2 Å². The molecule has 3 aromatic carbocycles. The molecule has 0 saturated heterocycles.